The molecule has 3 atom stereocenters. The van der Waals surface area contributed by atoms with E-state index in [9.17, 15) is 18.7 Å². The zero-order chi connectivity index (χ0) is 23.2. The number of amides is 2. The molecule has 1 aliphatic heterocycles. The van der Waals surface area contributed by atoms with Crippen molar-refractivity contribution in [3.8, 4) is 11.3 Å². The van der Waals surface area contributed by atoms with Crippen molar-refractivity contribution in [3.63, 3.8) is 0 Å². The van der Waals surface area contributed by atoms with Crippen LogP contribution in [0.3, 0.4) is 0 Å². The molecular formula is C23H25F2N5O3. The van der Waals surface area contributed by atoms with Crippen LogP contribution in [0, 0.1) is 11.6 Å². The van der Waals surface area contributed by atoms with Crippen molar-refractivity contribution in [2.24, 2.45) is 0 Å². The predicted octanol–water partition coefficient (Wildman–Crippen LogP) is 3.34. The summed E-state index contributed by atoms with van der Waals surface area (Å²) in [6.45, 7) is 0.284. The van der Waals surface area contributed by atoms with Crippen molar-refractivity contribution < 1.29 is 23.4 Å². The van der Waals surface area contributed by atoms with Gasteiger partial charge in [-0.1, -0.05) is 17.3 Å². The summed E-state index contributed by atoms with van der Waals surface area (Å²) in [4.78, 5) is 12.3. The second kappa shape index (κ2) is 10.5. The van der Waals surface area contributed by atoms with E-state index in [0.717, 1.165) is 0 Å². The number of aryl methyl sites for hydroxylation is 1. The van der Waals surface area contributed by atoms with Crippen LogP contribution in [-0.4, -0.2) is 51.0 Å². The first-order valence-corrected chi connectivity index (χ1v) is 10.8. The van der Waals surface area contributed by atoms with Crippen LogP contribution in [0.25, 0.3) is 11.3 Å². The van der Waals surface area contributed by atoms with Gasteiger partial charge < -0.3 is 20.5 Å². The Kier molecular flexibility index (Phi) is 7.26. The molecule has 174 valence electrons. The molecule has 0 spiro atoms. The number of nitrogens with zero attached hydrogens (tertiary/aromatic N) is 3. The average Bonchev–Trinajstić information content (AvgIpc) is 3.29. The predicted molar refractivity (Wildman–Crippen MR) is 117 cm³/mol. The molecule has 1 aromatic heterocycles. The minimum Gasteiger partial charge on any atom is -0.394 e. The highest BCUT2D eigenvalue weighted by Crippen LogP contribution is 2.24. The van der Waals surface area contributed by atoms with Crippen molar-refractivity contribution in [3.05, 3.63) is 66.4 Å². The largest absolute Gasteiger partial charge is 0.394 e. The number of hydrogen-bond donors (Lipinski definition) is 3. The average molecular weight is 457 g/mol. The number of ether oxygens (including phenoxy) is 1. The second-order valence-electron chi connectivity index (χ2n) is 7.90. The number of aromatic nitrogens is 3. The lowest BCUT2D eigenvalue weighted by atomic mass is 9.97. The van der Waals surface area contributed by atoms with Gasteiger partial charge in [0.15, 0.2) is 0 Å². The van der Waals surface area contributed by atoms with Gasteiger partial charge in [-0.2, -0.15) is 0 Å². The van der Waals surface area contributed by atoms with E-state index in [0.29, 0.717) is 42.8 Å². The third-order valence-electron chi connectivity index (χ3n) is 5.58. The zero-order valence-electron chi connectivity index (χ0n) is 17.8. The number of anilines is 1. The quantitative estimate of drug-likeness (QED) is 0.505. The highest BCUT2D eigenvalue weighted by Gasteiger charge is 2.32. The molecule has 2 amide bonds. The van der Waals surface area contributed by atoms with E-state index >= 15 is 0 Å². The molecule has 1 aliphatic rings. The lowest BCUT2D eigenvalue weighted by Crippen LogP contribution is -2.52. The number of nitrogens with one attached hydrogen (secondary N) is 2. The van der Waals surface area contributed by atoms with Gasteiger partial charge in [0.05, 0.1) is 24.9 Å². The van der Waals surface area contributed by atoms with Crippen LogP contribution in [-0.2, 0) is 11.3 Å². The van der Waals surface area contributed by atoms with Crippen LogP contribution in [0.1, 0.15) is 19.3 Å². The van der Waals surface area contributed by atoms with E-state index < -0.39 is 12.1 Å². The molecular weight excluding hydrogens is 432 g/mol. The monoisotopic (exact) mass is 457 g/mol. The summed E-state index contributed by atoms with van der Waals surface area (Å²) < 4.78 is 34.6. The van der Waals surface area contributed by atoms with Crippen molar-refractivity contribution in [2.75, 3.05) is 11.9 Å². The zero-order valence-corrected chi connectivity index (χ0v) is 17.8. The maximum atomic E-state index is 13.9. The first-order chi connectivity index (χ1) is 16.0. The molecule has 1 saturated heterocycles. The van der Waals surface area contributed by atoms with Gasteiger partial charge in [-0.25, -0.2) is 13.6 Å². The molecule has 10 heteroatoms. The summed E-state index contributed by atoms with van der Waals surface area (Å²) >= 11 is 0. The molecule has 2 aromatic carbocycles. The number of aliphatic hydroxyl groups is 1. The number of halogens is 2. The Labute approximate surface area is 189 Å². The number of carbonyl (C=O) groups excluding carboxylic acids is 1. The molecule has 2 heterocycles. The molecule has 3 aromatic rings. The minimum absolute atomic E-state index is 0.124. The SMILES string of the molecule is O=C(Nc1ccc(F)cc1)N[C@@H]1CC[C@H](CCn2cc(-c3ccccc3F)nn2)O[C@@H]1CO. The number of benzene rings is 2. The number of carbonyl (C=O) groups is 1. The topological polar surface area (TPSA) is 101 Å². The molecule has 0 aliphatic carbocycles. The Morgan fingerprint density at radius 1 is 1.15 bits per heavy atom. The van der Waals surface area contributed by atoms with Crippen LogP contribution >= 0.6 is 0 Å². The van der Waals surface area contributed by atoms with Crippen LogP contribution in [0.4, 0.5) is 19.3 Å². The van der Waals surface area contributed by atoms with E-state index in [1.54, 1.807) is 29.1 Å². The third-order valence-corrected chi connectivity index (χ3v) is 5.58. The molecule has 0 radical (unpaired) electrons. The molecule has 8 nitrogen and oxygen atoms in total. The maximum Gasteiger partial charge on any atom is 0.319 e. The second-order valence-corrected chi connectivity index (χ2v) is 7.90. The summed E-state index contributed by atoms with van der Waals surface area (Å²) in [5, 5.41) is 23.3. The van der Waals surface area contributed by atoms with Crippen LogP contribution < -0.4 is 10.6 Å². The summed E-state index contributed by atoms with van der Waals surface area (Å²) in [5.41, 5.74) is 1.32. The normalized spacial score (nSPS) is 20.4. The van der Waals surface area contributed by atoms with E-state index in [4.69, 9.17) is 4.74 Å². The van der Waals surface area contributed by atoms with Gasteiger partial charge in [0.25, 0.3) is 0 Å². The third kappa shape index (κ3) is 5.91. The Balaban J connectivity index is 1.27. The van der Waals surface area contributed by atoms with Crippen molar-refractivity contribution >= 4 is 11.7 Å². The number of urea groups is 1. The Bertz CT molecular complexity index is 1080. The molecule has 0 unspecified atom stereocenters. The summed E-state index contributed by atoms with van der Waals surface area (Å²) in [7, 11) is 0. The molecule has 4 rings (SSSR count). The molecule has 0 bridgehead atoms. The lowest BCUT2D eigenvalue weighted by Gasteiger charge is -2.36. The first-order valence-electron chi connectivity index (χ1n) is 10.8. The van der Waals surface area contributed by atoms with Crippen LogP contribution in [0.2, 0.25) is 0 Å². The molecule has 3 N–H and O–H groups in total. The van der Waals surface area contributed by atoms with Crippen molar-refractivity contribution in [1.82, 2.24) is 20.3 Å². The van der Waals surface area contributed by atoms with Gasteiger partial charge in [-0.3, -0.25) is 4.68 Å². The smallest absolute Gasteiger partial charge is 0.319 e. The molecule has 0 saturated carbocycles. The maximum absolute atomic E-state index is 13.9. The fourth-order valence-electron chi connectivity index (χ4n) is 3.85. The van der Waals surface area contributed by atoms with Crippen molar-refractivity contribution in [1.29, 1.82) is 0 Å². The molecule has 33 heavy (non-hydrogen) atoms. The highest BCUT2D eigenvalue weighted by atomic mass is 19.1. The van der Waals surface area contributed by atoms with Crippen LogP contribution in [0.5, 0.6) is 0 Å². The Hall–Kier alpha value is -3.37. The summed E-state index contributed by atoms with van der Waals surface area (Å²) in [5.74, 6) is -0.740. The standard InChI is InChI=1S/C23H25F2N5O3/c24-15-5-7-16(8-6-15)26-23(32)27-20-10-9-17(33-22(20)14-31)11-12-30-13-21(28-29-30)18-3-1-2-4-19(18)25/h1-8,13,17,20,22,31H,9-12,14H2,(H2,26,27,32)/t17-,20-,22-/m1/s1. The Morgan fingerprint density at radius 2 is 1.94 bits per heavy atom. The first kappa shape index (κ1) is 22.8. The summed E-state index contributed by atoms with van der Waals surface area (Å²) in [6.07, 6.45) is 2.96. The number of hydrogen-bond acceptors (Lipinski definition) is 5. The van der Waals surface area contributed by atoms with E-state index in [-0.39, 0.29) is 30.4 Å². The van der Waals surface area contributed by atoms with Gasteiger partial charge in [-0.05, 0) is 55.7 Å². The van der Waals surface area contributed by atoms with Gasteiger partial charge in [0.1, 0.15) is 23.4 Å². The molecule has 1 fully saturated rings. The summed E-state index contributed by atoms with van der Waals surface area (Å²) in [6, 6.07) is 11.0. The van der Waals surface area contributed by atoms with E-state index in [1.807, 2.05) is 0 Å². The number of aliphatic hydroxyl groups excluding tert-OH is 1. The van der Waals surface area contributed by atoms with Gasteiger partial charge in [0, 0.05) is 17.8 Å². The Morgan fingerprint density at radius 3 is 2.70 bits per heavy atom. The fourth-order valence-corrected chi connectivity index (χ4v) is 3.85. The van der Waals surface area contributed by atoms with Crippen LogP contribution in [0.15, 0.2) is 54.7 Å². The fraction of sp³-hybridized carbons (Fsp3) is 0.348. The lowest BCUT2D eigenvalue weighted by molar-refractivity contribution is -0.0905. The van der Waals surface area contributed by atoms with Gasteiger partial charge >= 0.3 is 6.03 Å². The minimum atomic E-state index is -0.549. The van der Waals surface area contributed by atoms with Gasteiger partial charge in [-0.15, -0.1) is 5.10 Å². The van der Waals surface area contributed by atoms with E-state index in [2.05, 4.69) is 20.9 Å². The van der Waals surface area contributed by atoms with E-state index in [1.165, 1.54) is 30.3 Å². The van der Waals surface area contributed by atoms with Gasteiger partial charge in [0.2, 0.25) is 0 Å². The van der Waals surface area contributed by atoms with Crippen molar-refractivity contribution in [2.45, 2.75) is 44.1 Å². The highest BCUT2D eigenvalue weighted by molar-refractivity contribution is 5.89. The number of rotatable bonds is 7.